The van der Waals surface area contributed by atoms with Crippen LogP contribution in [-0.4, -0.2) is 23.3 Å². The van der Waals surface area contributed by atoms with E-state index in [9.17, 15) is 0 Å². The van der Waals surface area contributed by atoms with Crippen LogP contribution in [0.1, 0.15) is 11.3 Å². The van der Waals surface area contributed by atoms with Crippen molar-refractivity contribution < 1.29 is 4.74 Å². The summed E-state index contributed by atoms with van der Waals surface area (Å²) in [6.45, 7) is 2.71. The van der Waals surface area contributed by atoms with E-state index in [-0.39, 0.29) is 0 Å². The van der Waals surface area contributed by atoms with Crippen LogP contribution in [0.5, 0.6) is 0 Å². The lowest BCUT2D eigenvalue weighted by molar-refractivity contribution is 0.202. The topological polar surface area (TPSA) is 39.1 Å². The lowest BCUT2D eigenvalue weighted by Gasteiger charge is -2.11. The summed E-state index contributed by atoms with van der Waals surface area (Å²) >= 11 is 0. The monoisotopic (exact) mass is 245 g/mol. The van der Waals surface area contributed by atoms with Crippen molar-refractivity contribution in [2.24, 2.45) is 7.05 Å². The average Bonchev–Trinajstić information content (AvgIpc) is 2.67. The van der Waals surface area contributed by atoms with Gasteiger partial charge in [-0.25, -0.2) is 4.98 Å². The van der Waals surface area contributed by atoms with Crippen molar-refractivity contribution in [2.45, 2.75) is 13.3 Å². The molecule has 0 saturated heterocycles. The van der Waals surface area contributed by atoms with Gasteiger partial charge >= 0.3 is 0 Å². The zero-order valence-corrected chi connectivity index (χ0v) is 11.1. The second-order valence-electron chi connectivity index (χ2n) is 4.34. The van der Waals surface area contributed by atoms with Gasteiger partial charge in [-0.05, 0) is 25.0 Å². The van der Waals surface area contributed by atoms with E-state index in [1.807, 2.05) is 36.9 Å². The van der Waals surface area contributed by atoms with Crippen LogP contribution in [0.4, 0.5) is 11.6 Å². The van der Waals surface area contributed by atoms with Crippen molar-refractivity contribution in [2.75, 3.05) is 19.0 Å². The van der Waals surface area contributed by atoms with Crippen LogP contribution in [0.25, 0.3) is 0 Å². The fourth-order valence-electron chi connectivity index (χ4n) is 1.93. The first kappa shape index (κ1) is 12.6. The maximum absolute atomic E-state index is 5.13. The third-order valence-corrected chi connectivity index (χ3v) is 2.84. The fourth-order valence-corrected chi connectivity index (χ4v) is 1.93. The predicted octanol–water partition coefficient (Wildman–Crippen LogP) is 2.66. The minimum absolute atomic E-state index is 0.721. The normalized spacial score (nSPS) is 10.6. The molecule has 2 aromatic rings. The average molecular weight is 245 g/mol. The van der Waals surface area contributed by atoms with E-state index in [2.05, 4.69) is 22.4 Å². The molecule has 1 aromatic carbocycles. The maximum atomic E-state index is 5.13. The molecule has 4 nitrogen and oxygen atoms in total. The Balaban J connectivity index is 2.20. The van der Waals surface area contributed by atoms with Gasteiger partial charge in [0.05, 0.1) is 12.3 Å². The third-order valence-electron chi connectivity index (χ3n) is 2.84. The van der Waals surface area contributed by atoms with E-state index in [0.29, 0.717) is 0 Å². The molecule has 1 aromatic heterocycles. The molecule has 0 amide bonds. The molecular formula is C14H19N3O. The number of rotatable bonds is 5. The highest BCUT2D eigenvalue weighted by molar-refractivity contribution is 5.59. The van der Waals surface area contributed by atoms with Crippen LogP contribution in [0.3, 0.4) is 0 Å². The molecule has 0 unspecified atom stereocenters. The molecule has 0 aliphatic carbocycles. The Morgan fingerprint density at radius 1 is 1.33 bits per heavy atom. The van der Waals surface area contributed by atoms with Crippen LogP contribution in [-0.2, 0) is 18.2 Å². The van der Waals surface area contributed by atoms with Crippen molar-refractivity contribution in [1.29, 1.82) is 0 Å². The summed E-state index contributed by atoms with van der Waals surface area (Å²) in [6.07, 6.45) is 2.89. The van der Waals surface area contributed by atoms with Gasteiger partial charge in [0, 0.05) is 26.0 Å². The smallest absolute Gasteiger partial charge is 0.207 e. The number of para-hydroxylation sites is 1. The van der Waals surface area contributed by atoms with Gasteiger partial charge in [0.2, 0.25) is 5.95 Å². The highest BCUT2D eigenvalue weighted by Gasteiger charge is 2.06. The lowest BCUT2D eigenvalue weighted by atomic mass is 10.1. The van der Waals surface area contributed by atoms with Gasteiger partial charge in [0.15, 0.2) is 0 Å². The number of benzene rings is 1. The molecule has 0 bridgehead atoms. The van der Waals surface area contributed by atoms with E-state index >= 15 is 0 Å². The fraction of sp³-hybridized carbons (Fsp3) is 0.357. The highest BCUT2D eigenvalue weighted by atomic mass is 16.5. The number of nitrogens with zero attached hydrogens (tertiary/aromatic N) is 2. The van der Waals surface area contributed by atoms with Gasteiger partial charge in [-0.3, -0.25) is 0 Å². The van der Waals surface area contributed by atoms with E-state index in [0.717, 1.165) is 30.4 Å². The zero-order chi connectivity index (χ0) is 13.0. The number of anilines is 2. The number of aryl methyl sites for hydroxylation is 2. The Bertz CT molecular complexity index is 520. The zero-order valence-electron chi connectivity index (χ0n) is 11.1. The molecule has 0 saturated carbocycles. The van der Waals surface area contributed by atoms with Gasteiger partial charge in [0.1, 0.15) is 0 Å². The van der Waals surface area contributed by atoms with Gasteiger partial charge in [0.25, 0.3) is 0 Å². The van der Waals surface area contributed by atoms with E-state index < -0.39 is 0 Å². The molecule has 0 atom stereocenters. The van der Waals surface area contributed by atoms with Crippen molar-refractivity contribution in [1.82, 2.24) is 9.55 Å². The van der Waals surface area contributed by atoms with Crippen LogP contribution in [0.2, 0.25) is 0 Å². The quantitative estimate of drug-likeness (QED) is 0.880. The summed E-state index contributed by atoms with van der Waals surface area (Å²) in [5.41, 5.74) is 3.33. The molecule has 0 spiro atoms. The van der Waals surface area contributed by atoms with E-state index in [4.69, 9.17) is 4.74 Å². The van der Waals surface area contributed by atoms with Crippen LogP contribution >= 0.6 is 0 Å². The molecule has 4 heteroatoms. The maximum Gasteiger partial charge on any atom is 0.207 e. The Kier molecular flexibility index (Phi) is 3.99. The second-order valence-corrected chi connectivity index (χ2v) is 4.34. The van der Waals surface area contributed by atoms with Gasteiger partial charge in [-0.15, -0.1) is 0 Å². The van der Waals surface area contributed by atoms with Crippen LogP contribution in [0.15, 0.2) is 30.5 Å². The highest BCUT2D eigenvalue weighted by Crippen LogP contribution is 2.20. The first-order valence-electron chi connectivity index (χ1n) is 6.04. The first-order valence-corrected chi connectivity index (χ1v) is 6.04. The minimum atomic E-state index is 0.721. The largest absolute Gasteiger partial charge is 0.384 e. The van der Waals surface area contributed by atoms with Crippen molar-refractivity contribution in [3.8, 4) is 0 Å². The Labute approximate surface area is 108 Å². The summed E-state index contributed by atoms with van der Waals surface area (Å²) in [7, 11) is 3.71. The lowest BCUT2D eigenvalue weighted by Crippen LogP contribution is -2.03. The molecule has 0 aliphatic heterocycles. The number of hydrogen-bond donors (Lipinski definition) is 1. The summed E-state index contributed by atoms with van der Waals surface area (Å²) in [5, 5.41) is 3.37. The summed E-state index contributed by atoms with van der Waals surface area (Å²) in [4.78, 5) is 4.45. The molecule has 1 heterocycles. The second kappa shape index (κ2) is 5.69. The minimum Gasteiger partial charge on any atom is -0.384 e. The van der Waals surface area contributed by atoms with Crippen molar-refractivity contribution in [3.63, 3.8) is 0 Å². The first-order chi connectivity index (χ1) is 8.70. The Morgan fingerprint density at radius 2 is 2.11 bits per heavy atom. The number of imidazole rings is 1. The van der Waals surface area contributed by atoms with Gasteiger partial charge in [-0.2, -0.15) is 0 Å². The predicted molar refractivity (Wildman–Crippen MR) is 73.2 cm³/mol. The number of aromatic nitrogens is 2. The van der Waals surface area contributed by atoms with Crippen molar-refractivity contribution in [3.05, 3.63) is 41.7 Å². The number of ether oxygens (including phenoxy) is 1. The van der Waals surface area contributed by atoms with Gasteiger partial charge in [-0.1, -0.05) is 18.2 Å². The molecule has 1 N–H and O–H groups in total. The van der Waals surface area contributed by atoms with Crippen LogP contribution < -0.4 is 5.32 Å². The molecule has 0 aliphatic rings. The Morgan fingerprint density at radius 3 is 2.78 bits per heavy atom. The molecule has 18 heavy (non-hydrogen) atoms. The summed E-state index contributed by atoms with van der Waals surface area (Å²) < 4.78 is 7.12. The number of hydrogen-bond acceptors (Lipinski definition) is 3. The molecule has 2 rings (SSSR count). The number of methoxy groups -OCH3 is 1. The van der Waals surface area contributed by atoms with Gasteiger partial charge < -0.3 is 14.6 Å². The van der Waals surface area contributed by atoms with E-state index in [1.165, 1.54) is 5.56 Å². The third kappa shape index (κ3) is 2.90. The molecule has 96 valence electrons. The van der Waals surface area contributed by atoms with Crippen molar-refractivity contribution >= 4 is 11.6 Å². The van der Waals surface area contributed by atoms with E-state index in [1.54, 1.807) is 7.11 Å². The molecular weight excluding hydrogens is 226 g/mol. The van der Waals surface area contributed by atoms with Crippen LogP contribution in [0, 0.1) is 6.92 Å². The standard InChI is InChI=1S/C14H19N3O/c1-11-10-17(2)14(15-11)16-13-7-5-4-6-12(13)8-9-18-3/h4-7,10H,8-9H2,1-3H3,(H,15,16). The SMILES string of the molecule is COCCc1ccccc1Nc1nc(C)cn1C. The summed E-state index contributed by atoms with van der Waals surface area (Å²) in [5.74, 6) is 0.859. The molecule has 0 fully saturated rings. The summed E-state index contributed by atoms with van der Waals surface area (Å²) in [6, 6.07) is 8.24. The number of nitrogens with one attached hydrogen (secondary N) is 1. The molecule has 0 radical (unpaired) electrons. The Hall–Kier alpha value is -1.81.